The minimum Gasteiger partial charge on any atom is -0.376 e. The van der Waals surface area contributed by atoms with Crippen molar-refractivity contribution >= 4 is 35.6 Å². The third-order valence-corrected chi connectivity index (χ3v) is 2.54. The Balaban J connectivity index is 0.00000144. The minimum atomic E-state index is 0. The van der Waals surface area contributed by atoms with Crippen LogP contribution < -0.4 is 11.1 Å². The molecule has 0 amide bonds. The van der Waals surface area contributed by atoms with Gasteiger partial charge in [0.1, 0.15) is 0 Å². The number of rotatable bonds is 3. The van der Waals surface area contributed by atoms with E-state index in [0.717, 1.165) is 25.1 Å². The number of nitrogens with two attached hydrogens (primary N) is 1. The molecule has 94 valence electrons. The van der Waals surface area contributed by atoms with E-state index in [1.54, 1.807) is 0 Å². The predicted molar refractivity (Wildman–Crippen MR) is 80.9 cm³/mol. The maximum Gasteiger partial charge on any atom is 0.193 e. The summed E-state index contributed by atoms with van der Waals surface area (Å²) in [6.45, 7) is 1.50. The molecule has 0 saturated carbocycles. The Morgan fingerprint density at radius 1 is 1.41 bits per heavy atom. The first-order chi connectivity index (χ1) is 7.84. The van der Waals surface area contributed by atoms with Gasteiger partial charge in [-0.05, 0) is 25.0 Å². The van der Waals surface area contributed by atoms with Gasteiger partial charge in [0.2, 0.25) is 0 Å². The lowest BCUT2D eigenvalue weighted by Crippen LogP contribution is -2.24. The van der Waals surface area contributed by atoms with Crippen molar-refractivity contribution in [1.29, 1.82) is 0 Å². The molecule has 0 radical (unpaired) electrons. The standard InChI is InChI=1S/C12H17N3O.HI/c13-12(14-9-11-7-4-8-16-11)15-10-5-2-1-3-6-10;/h1-3,5-6,11H,4,7-9H2,(H3,13,14,15);1H. The van der Waals surface area contributed by atoms with E-state index < -0.39 is 0 Å². The molecule has 1 aromatic carbocycles. The number of ether oxygens (including phenoxy) is 1. The normalized spacial score (nSPS) is 19.8. The van der Waals surface area contributed by atoms with Gasteiger partial charge in [0, 0.05) is 12.3 Å². The SMILES string of the molecule is I.NC(=NCC1CCCO1)Nc1ccccc1. The topological polar surface area (TPSA) is 59.6 Å². The molecule has 4 nitrogen and oxygen atoms in total. The number of hydrogen-bond acceptors (Lipinski definition) is 2. The second kappa shape index (κ2) is 7.50. The predicted octanol–water partition coefficient (Wildman–Crippen LogP) is 2.21. The fourth-order valence-electron chi connectivity index (χ4n) is 1.70. The summed E-state index contributed by atoms with van der Waals surface area (Å²) in [6, 6.07) is 9.78. The van der Waals surface area contributed by atoms with Gasteiger partial charge in [-0.15, -0.1) is 24.0 Å². The molecule has 0 aromatic heterocycles. The van der Waals surface area contributed by atoms with Crippen molar-refractivity contribution in [3.8, 4) is 0 Å². The van der Waals surface area contributed by atoms with Gasteiger partial charge in [0.15, 0.2) is 5.96 Å². The first-order valence-corrected chi connectivity index (χ1v) is 5.58. The Labute approximate surface area is 119 Å². The van der Waals surface area contributed by atoms with E-state index >= 15 is 0 Å². The van der Waals surface area contributed by atoms with Crippen LogP contribution in [-0.2, 0) is 4.74 Å². The number of guanidine groups is 1. The Hall–Kier alpha value is -0.820. The summed E-state index contributed by atoms with van der Waals surface area (Å²) < 4.78 is 5.46. The van der Waals surface area contributed by atoms with Gasteiger partial charge in [-0.3, -0.25) is 4.99 Å². The molecule has 2 rings (SSSR count). The average Bonchev–Trinajstić information content (AvgIpc) is 2.81. The van der Waals surface area contributed by atoms with Gasteiger partial charge in [-0.1, -0.05) is 18.2 Å². The second-order valence-electron chi connectivity index (χ2n) is 3.85. The molecule has 1 fully saturated rings. The van der Waals surface area contributed by atoms with Crippen molar-refractivity contribution in [3.05, 3.63) is 30.3 Å². The van der Waals surface area contributed by atoms with Gasteiger partial charge in [0.05, 0.1) is 12.6 Å². The van der Waals surface area contributed by atoms with Crippen LogP contribution >= 0.6 is 24.0 Å². The van der Waals surface area contributed by atoms with Crippen LogP contribution in [0.2, 0.25) is 0 Å². The molecule has 1 atom stereocenters. The van der Waals surface area contributed by atoms with E-state index in [9.17, 15) is 0 Å². The second-order valence-corrected chi connectivity index (χ2v) is 3.85. The van der Waals surface area contributed by atoms with E-state index in [-0.39, 0.29) is 30.1 Å². The zero-order valence-corrected chi connectivity index (χ0v) is 12.0. The van der Waals surface area contributed by atoms with Crippen LogP contribution in [0.4, 0.5) is 5.69 Å². The van der Waals surface area contributed by atoms with E-state index in [0.29, 0.717) is 12.5 Å². The van der Waals surface area contributed by atoms with Crippen molar-refractivity contribution in [1.82, 2.24) is 0 Å². The molecule has 0 bridgehead atoms. The lowest BCUT2D eigenvalue weighted by molar-refractivity contribution is 0.118. The zero-order valence-electron chi connectivity index (χ0n) is 9.63. The van der Waals surface area contributed by atoms with Crippen LogP contribution in [0, 0.1) is 0 Å². The fraction of sp³-hybridized carbons (Fsp3) is 0.417. The van der Waals surface area contributed by atoms with Gasteiger partial charge in [-0.25, -0.2) is 0 Å². The molecule has 1 aliphatic rings. The summed E-state index contributed by atoms with van der Waals surface area (Å²) in [6.07, 6.45) is 2.46. The Kier molecular flexibility index (Phi) is 6.28. The molecule has 1 heterocycles. The Morgan fingerprint density at radius 3 is 2.82 bits per heavy atom. The highest BCUT2D eigenvalue weighted by molar-refractivity contribution is 14.0. The van der Waals surface area contributed by atoms with E-state index in [1.807, 2.05) is 30.3 Å². The molecule has 1 aromatic rings. The summed E-state index contributed by atoms with van der Waals surface area (Å²) >= 11 is 0. The fourth-order valence-corrected chi connectivity index (χ4v) is 1.70. The number of halogens is 1. The summed E-state index contributed by atoms with van der Waals surface area (Å²) in [7, 11) is 0. The first kappa shape index (κ1) is 14.2. The molecule has 17 heavy (non-hydrogen) atoms. The Morgan fingerprint density at radius 2 is 2.18 bits per heavy atom. The number of benzene rings is 1. The highest BCUT2D eigenvalue weighted by Crippen LogP contribution is 2.12. The molecule has 5 heteroatoms. The maximum atomic E-state index is 5.77. The lowest BCUT2D eigenvalue weighted by Gasteiger charge is -2.08. The number of hydrogen-bond donors (Lipinski definition) is 2. The van der Waals surface area contributed by atoms with Gasteiger partial charge in [-0.2, -0.15) is 0 Å². The molecule has 3 N–H and O–H groups in total. The third kappa shape index (κ3) is 4.91. The molecule has 1 saturated heterocycles. The van der Waals surface area contributed by atoms with Crippen LogP contribution in [0.3, 0.4) is 0 Å². The van der Waals surface area contributed by atoms with E-state index in [4.69, 9.17) is 10.5 Å². The van der Waals surface area contributed by atoms with Crippen LogP contribution in [0.15, 0.2) is 35.3 Å². The number of nitrogens with zero attached hydrogens (tertiary/aromatic N) is 1. The summed E-state index contributed by atoms with van der Waals surface area (Å²) in [5.41, 5.74) is 6.72. The molecule has 1 unspecified atom stereocenters. The summed E-state index contributed by atoms with van der Waals surface area (Å²) in [4.78, 5) is 4.26. The number of para-hydroxylation sites is 1. The van der Waals surface area contributed by atoms with Crippen molar-refractivity contribution in [2.75, 3.05) is 18.5 Å². The van der Waals surface area contributed by atoms with Gasteiger partial charge in [0.25, 0.3) is 0 Å². The maximum absolute atomic E-state index is 5.77. The number of aliphatic imine (C=N–C) groups is 1. The molecule has 0 spiro atoms. The average molecular weight is 347 g/mol. The number of anilines is 1. The Bertz CT molecular complexity index is 350. The van der Waals surface area contributed by atoms with Crippen molar-refractivity contribution in [2.24, 2.45) is 10.7 Å². The van der Waals surface area contributed by atoms with Crippen LogP contribution in [-0.4, -0.2) is 25.2 Å². The summed E-state index contributed by atoms with van der Waals surface area (Å²) in [5.74, 6) is 0.446. The minimum absolute atomic E-state index is 0. The van der Waals surface area contributed by atoms with Crippen LogP contribution in [0.25, 0.3) is 0 Å². The van der Waals surface area contributed by atoms with Crippen molar-refractivity contribution in [3.63, 3.8) is 0 Å². The van der Waals surface area contributed by atoms with E-state index in [1.165, 1.54) is 0 Å². The smallest absolute Gasteiger partial charge is 0.193 e. The van der Waals surface area contributed by atoms with Gasteiger partial charge < -0.3 is 15.8 Å². The highest BCUT2D eigenvalue weighted by Gasteiger charge is 2.14. The summed E-state index contributed by atoms with van der Waals surface area (Å²) in [5, 5.41) is 3.04. The van der Waals surface area contributed by atoms with Crippen molar-refractivity contribution < 1.29 is 4.74 Å². The quantitative estimate of drug-likeness (QED) is 0.501. The van der Waals surface area contributed by atoms with Gasteiger partial charge >= 0.3 is 0 Å². The molecular formula is C12H18IN3O. The monoisotopic (exact) mass is 347 g/mol. The zero-order chi connectivity index (χ0) is 11.2. The van der Waals surface area contributed by atoms with Crippen LogP contribution in [0.1, 0.15) is 12.8 Å². The third-order valence-electron chi connectivity index (χ3n) is 2.54. The lowest BCUT2D eigenvalue weighted by atomic mass is 10.2. The van der Waals surface area contributed by atoms with E-state index in [2.05, 4.69) is 10.3 Å². The first-order valence-electron chi connectivity index (χ1n) is 5.58. The van der Waals surface area contributed by atoms with Crippen LogP contribution in [0.5, 0.6) is 0 Å². The number of nitrogens with one attached hydrogen (secondary N) is 1. The molecule has 0 aliphatic carbocycles. The van der Waals surface area contributed by atoms with Crippen molar-refractivity contribution in [2.45, 2.75) is 18.9 Å². The highest BCUT2D eigenvalue weighted by atomic mass is 127. The largest absolute Gasteiger partial charge is 0.376 e. The molecular weight excluding hydrogens is 329 g/mol. The molecule has 1 aliphatic heterocycles.